The number of fused-ring (bicyclic) bond motifs is 1. The number of nitrogens with one attached hydrogen (secondary N) is 1. The molecule has 9 heteroatoms. The number of benzene rings is 1. The molecule has 6 nitrogen and oxygen atoms in total. The maximum absolute atomic E-state index is 13.0. The van der Waals surface area contributed by atoms with E-state index in [-0.39, 0.29) is 24.0 Å². The summed E-state index contributed by atoms with van der Waals surface area (Å²) in [6.45, 7) is 1.11. The van der Waals surface area contributed by atoms with Gasteiger partial charge in [-0.05, 0) is 29.8 Å². The fourth-order valence-electron chi connectivity index (χ4n) is 3.29. The molecule has 0 spiro atoms. The number of ether oxygens (including phenoxy) is 1. The van der Waals surface area contributed by atoms with Gasteiger partial charge in [-0.1, -0.05) is 23.9 Å². The van der Waals surface area contributed by atoms with Gasteiger partial charge in [0.1, 0.15) is 17.1 Å². The number of aliphatic imine (C=N–C) groups is 1. The number of nitrogens with two attached hydrogens (primary N) is 1. The zero-order valence-corrected chi connectivity index (χ0v) is 15.9. The van der Waals surface area contributed by atoms with E-state index in [0.717, 1.165) is 17.5 Å². The Morgan fingerprint density at radius 2 is 2.22 bits per heavy atom. The van der Waals surface area contributed by atoms with Crippen molar-refractivity contribution in [2.75, 3.05) is 24.3 Å². The number of hydrogen-bond acceptors (Lipinski definition) is 6. The molecule has 2 atom stereocenters. The predicted molar refractivity (Wildman–Crippen MR) is 106 cm³/mol. The van der Waals surface area contributed by atoms with Crippen LogP contribution in [-0.4, -0.2) is 35.0 Å². The Bertz CT molecular complexity index is 880. The molecule has 2 aliphatic heterocycles. The molecule has 2 aliphatic rings. The van der Waals surface area contributed by atoms with Crippen LogP contribution in [0.1, 0.15) is 16.1 Å². The van der Waals surface area contributed by atoms with Crippen molar-refractivity contribution in [2.45, 2.75) is 5.54 Å². The molecule has 27 heavy (non-hydrogen) atoms. The van der Waals surface area contributed by atoms with Crippen molar-refractivity contribution >= 4 is 40.9 Å². The van der Waals surface area contributed by atoms with E-state index in [1.165, 1.54) is 12.1 Å². The van der Waals surface area contributed by atoms with Crippen LogP contribution in [0.15, 0.2) is 47.6 Å². The number of nitrogens with zero attached hydrogens (tertiary/aromatic N) is 2. The number of pyridine rings is 1. The summed E-state index contributed by atoms with van der Waals surface area (Å²) in [6, 6.07) is 10.1. The summed E-state index contributed by atoms with van der Waals surface area (Å²) in [7, 11) is 0. The molecule has 0 radical (unpaired) electrons. The molecular formula is C18H18ClFN4O2S. The number of amidine groups is 1. The van der Waals surface area contributed by atoms with Crippen LogP contribution in [0.2, 0.25) is 0 Å². The average molecular weight is 409 g/mol. The lowest BCUT2D eigenvalue weighted by atomic mass is 9.81. The van der Waals surface area contributed by atoms with E-state index >= 15 is 0 Å². The Hall–Kier alpha value is -2.16. The monoisotopic (exact) mass is 408 g/mol. The van der Waals surface area contributed by atoms with E-state index in [1.807, 2.05) is 18.2 Å². The van der Waals surface area contributed by atoms with E-state index in [0.29, 0.717) is 24.1 Å². The van der Waals surface area contributed by atoms with Crippen molar-refractivity contribution < 1.29 is 13.9 Å². The molecule has 0 bridgehead atoms. The van der Waals surface area contributed by atoms with Gasteiger partial charge in [0.15, 0.2) is 5.17 Å². The van der Waals surface area contributed by atoms with Crippen LogP contribution in [0.4, 0.5) is 10.1 Å². The Balaban J connectivity index is 0.00000210. The molecule has 3 N–H and O–H groups in total. The number of carbonyl (C=O) groups excluding carboxylic acids is 1. The molecule has 1 fully saturated rings. The van der Waals surface area contributed by atoms with E-state index in [1.54, 1.807) is 17.8 Å². The minimum Gasteiger partial charge on any atom is -0.379 e. The Labute approximate surface area is 166 Å². The molecule has 1 amide bonds. The lowest BCUT2D eigenvalue weighted by molar-refractivity contribution is 0.102. The quantitative estimate of drug-likeness (QED) is 0.815. The SMILES string of the molecule is Cl.NC1=NC2(c3cccc(NC(=O)c4ccc(F)cn4)c3)COCC2CS1. The van der Waals surface area contributed by atoms with Crippen molar-refractivity contribution in [1.29, 1.82) is 0 Å². The molecule has 1 aromatic carbocycles. The van der Waals surface area contributed by atoms with Gasteiger partial charge in [-0.15, -0.1) is 12.4 Å². The highest BCUT2D eigenvalue weighted by Crippen LogP contribution is 2.44. The second-order valence-electron chi connectivity index (χ2n) is 6.29. The number of aromatic nitrogens is 1. The Morgan fingerprint density at radius 1 is 1.37 bits per heavy atom. The molecule has 3 heterocycles. The fourth-order valence-corrected chi connectivity index (χ4v) is 4.26. The van der Waals surface area contributed by atoms with Gasteiger partial charge in [0.2, 0.25) is 0 Å². The Morgan fingerprint density at radius 3 is 3.00 bits per heavy atom. The van der Waals surface area contributed by atoms with Gasteiger partial charge >= 0.3 is 0 Å². The van der Waals surface area contributed by atoms with Crippen LogP contribution >= 0.6 is 24.2 Å². The summed E-state index contributed by atoms with van der Waals surface area (Å²) in [5, 5.41) is 3.35. The molecule has 0 aliphatic carbocycles. The first-order chi connectivity index (χ1) is 12.6. The zero-order valence-electron chi connectivity index (χ0n) is 14.2. The number of halogens is 2. The molecular weight excluding hydrogens is 391 g/mol. The first-order valence-corrected chi connectivity index (χ1v) is 9.15. The highest BCUT2D eigenvalue weighted by molar-refractivity contribution is 8.13. The first-order valence-electron chi connectivity index (χ1n) is 8.16. The molecule has 4 rings (SSSR count). The van der Waals surface area contributed by atoms with Gasteiger partial charge in [0.25, 0.3) is 5.91 Å². The maximum Gasteiger partial charge on any atom is 0.274 e. The highest BCUT2D eigenvalue weighted by Gasteiger charge is 2.47. The summed E-state index contributed by atoms with van der Waals surface area (Å²) in [5.74, 6) is 0.206. The molecule has 1 aromatic heterocycles. The summed E-state index contributed by atoms with van der Waals surface area (Å²) < 4.78 is 18.7. The number of anilines is 1. The summed E-state index contributed by atoms with van der Waals surface area (Å²) in [4.78, 5) is 20.8. The molecule has 2 aromatic rings. The van der Waals surface area contributed by atoms with Crippen molar-refractivity contribution in [2.24, 2.45) is 16.6 Å². The minimum atomic E-state index is -0.510. The third-order valence-corrected chi connectivity index (χ3v) is 5.60. The van der Waals surface area contributed by atoms with E-state index in [4.69, 9.17) is 15.5 Å². The van der Waals surface area contributed by atoms with Gasteiger partial charge in [0.05, 0.1) is 19.4 Å². The standard InChI is InChI=1S/C18H17FN4O2S.ClH/c19-13-4-5-15(21-7-13)16(24)22-14-3-1-2-11(6-14)18-10-25-8-12(18)9-26-17(20)23-18;/h1-7,12H,8-10H2,(H2,20,23)(H,22,24);1H. The molecule has 2 unspecified atom stereocenters. The van der Waals surface area contributed by atoms with Gasteiger partial charge in [-0.2, -0.15) is 0 Å². The summed E-state index contributed by atoms with van der Waals surface area (Å²) in [5.41, 5.74) is 7.17. The van der Waals surface area contributed by atoms with Crippen molar-refractivity contribution in [3.05, 3.63) is 59.7 Å². The van der Waals surface area contributed by atoms with Crippen LogP contribution in [0, 0.1) is 11.7 Å². The third-order valence-electron chi connectivity index (χ3n) is 4.64. The zero-order chi connectivity index (χ0) is 18.1. The largest absolute Gasteiger partial charge is 0.379 e. The first kappa shape index (κ1) is 19.6. The van der Waals surface area contributed by atoms with Crippen molar-refractivity contribution in [3.63, 3.8) is 0 Å². The van der Waals surface area contributed by atoms with E-state index in [9.17, 15) is 9.18 Å². The Kier molecular flexibility index (Phi) is 5.69. The second kappa shape index (κ2) is 7.84. The van der Waals surface area contributed by atoms with Crippen LogP contribution in [-0.2, 0) is 10.3 Å². The number of rotatable bonds is 3. The highest BCUT2D eigenvalue weighted by atomic mass is 35.5. The molecule has 1 saturated heterocycles. The molecule has 0 saturated carbocycles. The van der Waals surface area contributed by atoms with Gasteiger partial charge in [-0.25, -0.2) is 14.4 Å². The van der Waals surface area contributed by atoms with Gasteiger partial charge in [0, 0.05) is 17.4 Å². The van der Waals surface area contributed by atoms with Crippen molar-refractivity contribution in [3.8, 4) is 0 Å². The number of carbonyl (C=O) groups is 1. The lowest BCUT2D eigenvalue weighted by Crippen LogP contribution is -2.39. The van der Waals surface area contributed by atoms with E-state index < -0.39 is 17.3 Å². The van der Waals surface area contributed by atoms with Crippen LogP contribution < -0.4 is 11.1 Å². The average Bonchev–Trinajstić information content (AvgIpc) is 3.06. The van der Waals surface area contributed by atoms with Gasteiger partial charge < -0.3 is 15.8 Å². The molecule has 142 valence electrons. The smallest absolute Gasteiger partial charge is 0.274 e. The number of amides is 1. The predicted octanol–water partition coefficient (Wildman–Crippen LogP) is 2.80. The van der Waals surface area contributed by atoms with Crippen LogP contribution in [0.3, 0.4) is 0 Å². The topological polar surface area (TPSA) is 89.6 Å². The van der Waals surface area contributed by atoms with E-state index in [2.05, 4.69) is 10.3 Å². The number of hydrogen-bond donors (Lipinski definition) is 2. The van der Waals surface area contributed by atoms with Gasteiger partial charge in [-0.3, -0.25) is 4.79 Å². The van der Waals surface area contributed by atoms with Crippen molar-refractivity contribution in [1.82, 2.24) is 4.98 Å². The summed E-state index contributed by atoms with van der Waals surface area (Å²) in [6.07, 6.45) is 1.02. The fraction of sp³-hybridized carbons (Fsp3) is 0.278. The lowest BCUT2D eigenvalue weighted by Gasteiger charge is -2.34. The maximum atomic E-state index is 13.0. The van der Waals surface area contributed by atoms with Crippen LogP contribution in [0.25, 0.3) is 0 Å². The van der Waals surface area contributed by atoms with Crippen LogP contribution in [0.5, 0.6) is 0 Å². The third kappa shape index (κ3) is 3.78. The summed E-state index contributed by atoms with van der Waals surface area (Å²) >= 11 is 1.54. The minimum absolute atomic E-state index is 0. The normalized spacial score (nSPS) is 23.7. The number of thioether (sulfide) groups is 1. The second-order valence-corrected chi connectivity index (χ2v) is 7.33.